The molecule has 0 aliphatic carbocycles. The predicted molar refractivity (Wildman–Crippen MR) is 75.4 cm³/mol. The standard InChI is InChI=1S/C15H21NO3/c1-4-11-19-14-7-5-13(6-8-14)15(18)16(3)10-9-12(2)17/h4-8,12,17H,1,9-11H2,2-3H3. The van der Waals surface area contributed by atoms with Crippen LogP contribution in [0.3, 0.4) is 0 Å². The fraction of sp³-hybridized carbons (Fsp3) is 0.400. The lowest BCUT2D eigenvalue weighted by molar-refractivity contribution is 0.0769. The highest BCUT2D eigenvalue weighted by atomic mass is 16.5. The van der Waals surface area contributed by atoms with Gasteiger partial charge in [0, 0.05) is 19.2 Å². The average Bonchev–Trinajstić information content (AvgIpc) is 2.42. The minimum Gasteiger partial charge on any atom is -0.490 e. The first-order valence-electron chi connectivity index (χ1n) is 6.32. The summed E-state index contributed by atoms with van der Waals surface area (Å²) in [6.45, 7) is 6.26. The molecule has 0 aliphatic rings. The predicted octanol–water partition coefficient (Wildman–Crippen LogP) is 2.09. The molecule has 0 saturated heterocycles. The van der Waals surface area contributed by atoms with Crippen molar-refractivity contribution in [3.63, 3.8) is 0 Å². The van der Waals surface area contributed by atoms with Crippen LogP contribution in [0.1, 0.15) is 23.7 Å². The minimum atomic E-state index is -0.398. The van der Waals surface area contributed by atoms with Crippen molar-refractivity contribution >= 4 is 5.91 Å². The maximum Gasteiger partial charge on any atom is 0.253 e. The highest BCUT2D eigenvalue weighted by Gasteiger charge is 2.12. The molecule has 0 aromatic heterocycles. The van der Waals surface area contributed by atoms with Crippen LogP contribution in [0.5, 0.6) is 5.75 Å². The van der Waals surface area contributed by atoms with Crippen LogP contribution in [0.2, 0.25) is 0 Å². The number of aliphatic hydroxyl groups is 1. The van der Waals surface area contributed by atoms with Gasteiger partial charge >= 0.3 is 0 Å². The molecule has 0 fully saturated rings. The number of hydrogen-bond donors (Lipinski definition) is 1. The van der Waals surface area contributed by atoms with Gasteiger partial charge in [-0.2, -0.15) is 0 Å². The summed E-state index contributed by atoms with van der Waals surface area (Å²) in [6, 6.07) is 7.00. The normalized spacial score (nSPS) is 11.7. The Kier molecular flexibility index (Phi) is 6.09. The van der Waals surface area contributed by atoms with Crippen LogP contribution in [0.15, 0.2) is 36.9 Å². The molecule has 104 valence electrons. The van der Waals surface area contributed by atoms with Gasteiger partial charge in [-0.3, -0.25) is 4.79 Å². The fourth-order valence-corrected chi connectivity index (χ4v) is 1.55. The van der Waals surface area contributed by atoms with Crippen molar-refractivity contribution < 1.29 is 14.6 Å². The zero-order valence-corrected chi connectivity index (χ0v) is 11.5. The highest BCUT2D eigenvalue weighted by molar-refractivity contribution is 5.94. The van der Waals surface area contributed by atoms with E-state index in [1.165, 1.54) is 0 Å². The Morgan fingerprint density at radius 1 is 1.47 bits per heavy atom. The maximum absolute atomic E-state index is 12.1. The Morgan fingerprint density at radius 2 is 2.11 bits per heavy atom. The van der Waals surface area contributed by atoms with E-state index >= 15 is 0 Å². The first-order valence-corrected chi connectivity index (χ1v) is 6.32. The quantitative estimate of drug-likeness (QED) is 0.766. The molecule has 1 atom stereocenters. The third-order valence-electron chi connectivity index (χ3n) is 2.70. The number of carbonyl (C=O) groups is 1. The summed E-state index contributed by atoms with van der Waals surface area (Å²) in [5, 5.41) is 9.21. The van der Waals surface area contributed by atoms with Crippen molar-refractivity contribution in [2.24, 2.45) is 0 Å². The van der Waals surface area contributed by atoms with Gasteiger partial charge in [0.15, 0.2) is 0 Å². The van der Waals surface area contributed by atoms with Crippen molar-refractivity contribution in [2.75, 3.05) is 20.2 Å². The van der Waals surface area contributed by atoms with E-state index in [2.05, 4.69) is 6.58 Å². The zero-order valence-electron chi connectivity index (χ0n) is 11.5. The zero-order chi connectivity index (χ0) is 14.3. The number of benzene rings is 1. The molecule has 0 heterocycles. The van der Waals surface area contributed by atoms with Crippen LogP contribution < -0.4 is 4.74 Å². The second-order valence-electron chi connectivity index (χ2n) is 4.49. The van der Waals surface area contributed by atoms with Gasteiger partial charge in [0.05, 0.1) is 6.10 Å². The van der Waals surface area contributed by atoms with Gasteiger partial charge in [-0.1, -0.05) is 12.7 Å². The third kappa shape index (κ3) is 5.14. The molecule has 1 aromatic rings. The van der Waals surface area contributed by atoms with Crippen LogP contribution in [0.4, 0.5) is 0 Å². The number of ether oxygens (including phenoxy) is 1. The molecule has 1 N–H and O–H groups in total. The number of amides is 1. The topological polar surface area (TPSA) is 49.8 Å². The van der Waals surface area contributed by atoms with Crippen molar-refractivity contribution in [2.45, 2.75) is 19.4 Å². The molecular weight excluding hydrogens is 242 g/mol. The van der Waals surface area contributed by atoms with E-state index in [-0.39, 0.29) is 5.91 Å². The number of carbonyl (C=O) groups excluding carboxylic acids is 1. The van der Waals surface area contributed by atoms with E-state index in [1.54, 1.807) is 49.2 Å². The Morgan fingerprint density at radius 3 is 2.63 bits per heavy atom. The van der Waals surface area contributed by atoms with Gasteiger partial charge in [-0.25, -0.2) is 0 Å². The molecule has 1 unspecified atom stereocenters. The van der Waals surface area contributed by atoms with Crippen LogP contribution in [0.25, 0.3) is 0 Å². The van der Waals surface area contributed by atoms with Gasteiger partial charge < -0.3 is 14.7 Å². The average molecular weight is 263 g/mol. The Bertz CT molecular complexity index is 412. The second kappa shape index (κ2) is 7.59. The first kappa shape index (κ1) is 15.2. The molecule has 0 aliphatic heterocycles. The summed E-state index contributed by atoms with van der Waals surface area (Å²) in [5.74, 6) is 0.652. The molecule has 0 radical (unpaired) electrons. The largest absolute Gasteiger partial charge is 0.490 e. The number of hydrogen-bond acceptors (Lipinski definition) is 3. The van der Waals surface area contributed by atoms with E-state index in [0.717, 1.165) is 0 Å². The SMILES string of the molecule is C=CCOc1ccc(C(=O)N(C)CCC(C)O)cc1. The maximum atomic E-state index is 12.1. The summed E-state index contributed by atoms with van der Waals surface area (Å²) < 4.78 is 5.35. The number of nitrogens with zero attached hydrogens (tertiary/aromatic N) is 1. The summed E-state index contributed by atoms with van der Waals surface area (Å²) in [4.78, 5) is 13.7. The molecule has 0 spiro atoms. The van der Waals surface area contributed by atoms with Gasteiger partial charge in [0.2, 0.25) is 0 Å². The molecule has 1 rings (SSSR count). The molecule has 0 bridgehead atoms. The molecule has 0 saturated carbocycles. The van der Waals surface area contributed by atoms with Crippen LogP contribution in [-0.4, -0.2) is 42.2 Å². The van der Waals surface area contributed by atoms with Crippen LogP contribution >= 0.6 is 0 Å². The molecule has 4 nitrogen and oxygen atoms in total. The van der Waals surface area contributed by atoms with Crippen molar-refractivity contribution in [1.82, 2.24) is 4.90 Å². The van der Waals surface area contributed by atoms with Crippen molar-refractivity contribution in [1.29, 1.82) is 0 Å². The smallest absolute Gasteiger partial charge is 0.253 e. The number of aliphatic hydroxyl groups excluding tert-OH is 1. The van der Waals surface area contributed by atoms with E-state index in [9.17, 15) is 9.90 Å². The first-order chi connectivity index (χ1) is 9.04. The lowest BCUT2D eigenvalue weighted by Gasteiger charge is -2.18. The van der Waals surface area contributed by atoms with Crippen LogP contribution in [-0.2, 0) is 0 Å². The lowest BCUT2D eigenvalue weighted by atomic mass is 10.2. The van der Waals surface area contributed by atoms with Gasteiger partial charge in [0.1, 0.15) is 12.4 Å². The van der Waals surface area contributed by atoms with E-state index in [4.69, 9.17) is 4.74 Å². The summed E-state index contributed by atoms with van der Waals surface area (Å²) in [7, 11) is 1.73. The van der Waals surface area contributed by atoms with E-state index in [1.807, 2.05) is 0 Å². The monoisotopic (exact) mass is 263 g/mol. The fourth-order valence-electron chi connectivity index (χ4n) is 1.55. The molecule has 1 amide bonds. The number of rotatable bonds is 7. The Hall–Kier alpha value is -1.81. The minimum absolute atomic E-state index is 0.0593. The van der Waals surface area contributed by atoms with Crippen molar-refractivity contribution in [3.05, 3.63) is 42.5 Å². The molecule has 1 aromatic carbocycles. The Labute approximate surface area is 114 Å². The summed E-state index contributed by atoms with van der Waals surface area (Å²) >= 11 is 0. The van der Waals surface area contributed by atoms with E-state index in [0.29, 0.717) is 30.9 Å². The summed E-state index contributed by atoms with van der Waals surface area (Å²) in [6.07, 6.45) is 1.84. The lowest BCUT2D eigenvalue weighted by Crippen LogP contribution is -2.29. The van der Waals surface area contributed by atoms with Crippen LogP contribution in [0, 0.1) is 0 Å². The third-order valence-corrected chi connectivity index (χ3v) is 2.70. The Balaban J connectivity index is 2.59. The molecule has 19 heavy (non-hydrogen) atoms. The van der Waals surface area contributed by atoms with Gasteiger partial charge in [-0.05, 0) is 37.6 Å². The van der Waals surface area contributed by atoms with Crippen molar-refractivity contribution in [3.8, 4) is 5.75 Å². The summed E-state index contributed by atoms with van der Waals surface area (Å²) in [5.41, 5.74) is 0.610. The highest BCUT2D eigenvalue weighted by Crippen LogP contribution is 2.13. The molecule has 4 heteroatoms. The second-order valence-corrected chi connectivity index (χ2v) is 4.49. The van der Waals surface area contributed by atoms with Gasteiger partial charge in [-0.15, -0.1) is 0 Å². The molecular formula is C15H21NO3. The van der Waals surface area contributed by atoms with E-state index < -0.39 is 6.10 Å². The van der Waals surface area contributed by atoms with Gasteiger partial charge in [0.25, 0.3) is 5.91 Å².